The largest absolute Gasteiger partial charge is 0.396 e. The van der Waals surface area contributed by atoms with Gasteiger partial charge in [-0.3, -0.25) is 0 Å². The lowest BCUT2D eigenvalue weighted by Crippen LogP contribution is -2.23. The SMILES string of the molecule is N#Cc1ccc(COC2CCC(CO)CC2)c(Cl)c1. The van der Waals surface area contributed by atoms with E-state index in [1.165, 1.54) is 0 Å². The van der Waals surface area contributed by atoms with Crippen molar-refractivity contribution in [2.75, 3.05) is 6.61 Å². The summed E-state index contributed by atoms with van der Waals surface area (Å²) in [5.41, 5.74) is 1.49. The molecule has 0 bridgehead atoms. The second-order valence-electron chi connectivity index (χ2n) is 5.05. The minimum atomic E-state index is 0.259. The molecule has 0 saturated heterocycles. The fourth-order valence-corrected chi connectivity index (χ4v) is 2.66. The van der Waals surface area contributed by atoms with Gasteiger partial charge in [-0.05, 0) is 49.3 Å². The molecule has 2 rings (SSSR count). The molecule has 102 valence electrons. The lowest BCUT2D eigenvalue weighted by molar-refractivity contribution is 0.00124. The highest BCUT2D eigenvalue weighted by Crippen LogP contribution is 2.27. The zero-order chi connectivity index (χ0) is 13.7. The standard InChI is InChI=1S/C15H18ClNO2/c16-15-7-12(8-17)1-4-13(15)10-19-14-5-2-11(9-18)3-6-14/h1,4,7,11,14,18H,2-3,5-6,9-10H2. The molecule has 4 heteroatoms. The molecule has 1 aliphatic carbocycles. The maximum atomic E-state index is 9.09. The summed E-state index contributed by atoms with van der Waals surface area (Å²) in [7, 11) is 0. The van der Waals surface area contributed by atoms with E-state index in [1.807, 2.05) is 6.07 Å². The molecule has 0 radical (unpaired) electrons. The average Bonchev–Trinajstić information content (AvgIpc) is 2.46. The van der Waals surface area contributed by atoms with Gasteiger partial charge in [-0.15, -0.1) is 0 Å². The molecular formula is C15H18ClNO2. The van der Waals surface area contributed by atoms with E-state index in [4.69, 9.17) is 26.7 Å². The van der Waals surface area contributed by atoms with Crippen molar-refractivity contribution in [3.05, 3.63) is 34.3 Å². The molecule has 0 aliphatic heterocycles. The molecule has 0 amide bonds. The van der Waals surface area contributed by atoms with Gasteiger partial charge in [-0.2, -0.15) is 5.26 Å². The van der Waals surface area contributed by atoms with Gasteiger partial charge in [-0.25, -0.2) is 0 Å². The summed E-state index contributed by atoms with van der Waals surface area (Å²) < 4.78 is 5.87. The van der Waals surface area contributed by atoms with Crippen LogP contribution in [-0.2, 0) is 11.3 Å². The van der Waals surface area contributed by atoms with Crippen molar-refractivity contribution in [1.82, 2.24) is 0 Å². The Morgan fingerprint density at radius 1 is 1.32 bits per heavy atom. The summed E-state index contributed by atoms with van der Waals surface area (Å²) >= 11 is 6.11. The Morgan fingerprint density at radius 2 is 2.05 bits per heavy atom. The summed E-state index contributed by atoms with van der Waals surface area (Å²) in [6.45, 7) is 0.771. The van der Waals surface area contributed by atoms with Crippen LogP contribution in [0, 0.1) is 17.2 Å². The van der Waals surface area contributed by atoms with Gasteiger partial charge in [0.2, 0.25) is 0 Å². The molecule has 0 atom stereocenters. The lowest BCUT2D eigenvalue weighted by Gasteiger charge is -2.27. The number of halogens is 1. The van der Waals surface area contributed by atoms with Crippen LogP contribution >= 0.6 is 11.6 Å². The van der Waals surface area contributed by atoms with Gasteiger partial charge in [0.15, 0.2) is 0 Å². The number of aliphatic hydroxyl groups excluding tert-OH is 1. The minimum absolute atomic E-state index is 0.259. The van der Waals surface area contributed by atoms with Crippen molar-refractivity contribution in [3.63, 3.8) is 0 Å². The number of hydrogen-bond acceptors (Lipinski definition) is 3. The van der Waals surface area contributed by atoms with Gasteiger partial charge in [0.1, 0.15) is 0 Å². The first-order chi connectivity index (χ1) is 9.22. The molecule has 3 nitrogen and oxygen atoms in total. The molecule has 19 heavy (non-hydrogen) atoms. The maximum Gasteiger partial charge on any atom is 0.0992 e. The lowest BCUT2D eigenvalue weighted by atomic mass is 9.88. The molecule has 0 spiro atoms. The van der Waals surface area contributed by atoms with Crippen molar-refractivity contribution >= 4 is 11.6 Å². The average molecular weight is 280 g/mol. The molecule has 0 aromatic heterocycles. The Hall–Kier alpha value is -1.08. The zero-order valence-electron chi connectivity index (χ0n) is 10.8. The van der Waals surface area contributed by atoms with Crippen molar-refractivity contribution in [2.24, 2.45) is 5.92 Å². The molecule has 1 aromatic rings. The van der Waals surface area contributed by atoms with Gasteiger partial charge in [0.25, 0.3) is 0 Å². The van der Waals surface area contributed by atoms with Crippen molar-refractivity contribution < 1.29 is 9.84 Å². The van der Waals surface area contributed by atoms with Crippen LogP contribution in [0.15, 0.2) is 18.2 Å². The van der Waals surface area contributed by atoms with Crippen LogP contribution < -0.4 is 0 Å². The van der Waals surface area contributed by atoms with E-state index in [0.717, 1.165) is 31.2 Å². The quantitative estimate of drug-likeness (QED) is 0.920. The number of aliphatic hydroxyl groups is 1. The van der Waals surface area contributed by atoms with Crippen LogP contribution in [0.4, 0.5) is 0 Å². The number of benzene rings is 1. The maximum absolute atomic E-state index is 9.09. The van der Waals surface area contributed by atoms with Gasteiger partial charge < -0.3 is 9.84 Å². The Bertz CT molecular complexity index is 462. The molecule has 1 saturated carbocycles. The van der Waals surface area contributed by atoms with E-state index in [1.54, 1.807) is 12.1 Å². The Balaban J connectivity index is 1.85. The van der Waals surface area contributed by atoms with E-state index < -0.39 is 0 Å². The van der Waals surface area contributed by atoms with Gasteiger partial charge in [0.05, 0.1) is 24.3 Å². The van der Waals surface area contributed by atoms with Crippen molar-refractivity contribution in [2.45, 2.75) is 38.4 Å². The second-order valence-corrected chi connectivity index (χ2v) is 5.46. The molecule has 0 heterocycles. The zero-order valence-corrected chi connectivity index (χ0v) is 11.6. The van der Waals surface area contributed by atoms with Crippen LogP contribution in [0.3, 0.4) is 0 Å². The van der Waals surface area contributed by atoms with Crippen LogP contribution in [0.2, 0.25) is 5.02 Å². The molecular weight excluding hydrogens is 262 g/mol. The summed E-state index contributed by atoms with van der Waals surface area (Å²) in [4.78, 5) is 0. The fraction of sp³-hybridized carbons (Fsp3) is 0.533. The van der Waals surface area contributed by atoms with Crippen LogP contribution in [0.25, 0.3) is 0 Å². The van der Waals surface area contributed by atoms with Crippen LogP contribution in [0.5, 0.6) is 0 Å². The Labute approximate surface area is 118 Å². The fourth-order valence-electron chi connectivity index (χ4n) is 2.42. The summed E-state index contributed by atoms with van der Waals surface area (Å²) in [5, 5.41) is 18.4. The van der Waals surface area contributed by atoms with E-state index >= 15 is 0 Å². The normalized spacial score (nSPS) is 23.0. The third-order valence-electron chi connectivity index (χ3n) is 3.71. The molecule has 1 aliphatic rings. The molecule has 1 aromatic carbocycles. The van der Waals surface area contributed by atoms with E-state index in [0.29, 0.717) is 23.1 Å². The Kier molecular flexibility index (Phi) is 5.21. The van der Waals surface area contributed by atoms with Gasteiger partial charge in [0, 0.05) is 11.6 Å². The molecule has 1 N–H and O–H groups in total. The van der Waals surface area contributed by atoms with Crippen molar-refractivity contribution in [1.29, 1.82) is 5.26 Å². The Morgan fingerprint density at radius 3 is 2.63 bits per heavy atom. The van der Waals surface area contributed by atoms with Crippen LogP contribution in [0.1, 0.15) is 36.8 Å². The van der Waals surface area contributed by atoms with Gasteiger partial charge in [-0.1, -0.05) is 17.7 Å². The third kappa shape index (κ3) is 3.94. The highest BCUT2D eigenvalue weighted by atomic mass is 35.5. The monoisotopic (exact) mass is 279 g/mol. The number of rotatable bonds is 4. The first-order valence-electron chi connectivity index (χ1n) is 6.64. The van der Waals surface area contributed by atoms with Crippen molar-refractivity contribution in [3.8, 4) is 6.07 Å². The van der Waals surface area contributed by atoms with Gasteiger partial charge >= 0.3 is 0 Å². The first-order valence-corrected chi connectivity index (χ1v) is 7.01. The summed E-state index contributed by atoms with van der Waals surface area (Å²) in [6.07, 6.45) is 4.32. The molecule has 1 fully saturated rings. The molecule has 0 unspecified atom stereocenters. The minimum Gasteiger partial charge on any atom is -0.396 e. The predicted molar refractivity (Wildman–Crippen MR) is 73.8 cm³/mol. The smallest absolute Gasteiger partial charge is 0.0992 e. The summed E-state index contributed by atoms with van der Waals surface area (Å²) in [5.74, 6) is 0.443. The summed E-state index contributed by atoms with van der Waals surface area (Å²) in [6, 6.07) is 7.34. The number of nitrogens with zero attached hydrogens (tertiary/aromatic N) is 1. The highest BCUT2D eigenvalue weighted by Gasteiger charge is 2.21. The number of hydrogen-bond donors (Lipinski definition) is 1. The van der Waals surface area contributed by atoms with E-state index in [9.17, 15) is 0 Å². The number of nitriles is 1. The van der Waals surface area contributed by atoms with E-state index in [2.05, 4.69) is 6.07 Å². The number of ether oxygens (including phenoxy) is 1. The topological polar surface area (TPSA) is 53.2 Å². The first kappa shape index (κ1) is 14.3. The second kappa shape index (κ2) is 6.91. The highest BCUT2D eigenvalue weighted by molar-refractivity contribution is 6.31. The van der Waals surface area contributed by atoms with E-state index in [-0.39, 0.29) is 12.7 Å². The predicted octanol–water partition coefficient (Wildman–Crippen LogP) is 3.28. The van der Waals surface area contributed by atoms with Crippen LogP contribution in [-0.4, -0.2) is 17.8 Å². The third-order valence-corrected chi connectivity index (χ3v) is 4.06.